The van der Waals surface area contributed by atoms with Crippen LogP contribution in [0.3, 0.4) is 0 Å². The second-order valence-corrected chi connectivity index (χ2v) is 7.71. The number of hydrogen-bond acceptors (Lipinski definition) is 4. The van der Waals surface area contributed by atoms with Crippen LogP contribution in [-0.4, -0.2) is 48.1 Å². The molecule has 23 heavy (non-hydrogen) atoms. The van der Waals surface area contributed by atoms with Crippen LogP contribution in [0.15, 0.2) is 23.5 Å². The minimum atomic E-state index is -0.816. The number of ketones is 1. The van der Waals surface area contributed by atoms with Gasteiger partial charge in [-0.25, -0.2) is 0 Å². The summed E-state index contributed by atoms with van der Waals surface area (Å²) in [5.41, 5.74) is 0.0761. The first-order valence-corrected chi connectivity index (χ1v) is 8.70. The van der Waals surface area contributed by atoms with E-state index < -0.39 is 5.60 Å². The minimum absolute atomic E-state index is 0.0639. The molecule has 0 spiro atoms. The van der Waals surface area contributed by atoms with Crippen LogP contribution in [0.2, 0.25) is 0 Å². The molecule has 0 aromatic heterocycles. The van der Waals surface area contributed by atoms with Gasteiger partial charge in [0.15, 0.2) is 0 Å². The number of nitrogens with zero attached hydrogens (tertiary/aromatic N) is 1. The third kappa shape index (κ3) is 2.38. The lowest BCUT2D eigenvalue weighted by Crippen LogP contribution is -2.69. The van der Waals surface area contributed by atoms with Crippen molar-refractivity contribution in [2.45, 2.75) is 57.6 Å². The standard InChI is InChI=1S/C19H29NO3/c1-13-5-6-16(23-4)11-17(13)18-9-10-20(3)14(2)19(18,22)8-7-15(21)12-18/h5-6,14,17,22H,7-12H2,1-4H3/t14?,17?,18-,19-/m1/s1. The monoisotopic (exact) mass is 319 g/mol. The lowest BCUT2D eigenvalue weighted by Gasteiger charge is -2.62. The fourth-order valence-corrected chi connectivity index (χ4v) is 5.19. The molecule has 4 heteroatoms. The maximum Gasteiger partial charge on any atom is 0.133 e. The van der Waals surface area contributed by atoms with Crippen LogP contribution in [0.4, 0.5) is 0 Å². The molecule has 2 unspecified atom stereocenters. The number of hydrogen-bond donors (Lipinski definition) is 1. The van der Waals surface area contributed by atoms with Gasteiger partial charge < -0.3 is 14.7 Å². The summed E-state index contributed by atoms with van der Waals surface area (Å²) in [6.07, 6.45) is 7.34. The Hall–Kier alpha value is -1.13. The normalized spacial score (nSPS) is 41.9. The SMILES string of the molecule is COC1=CC=C(C)C([C@]23CCN(C)C(C)[C@]2(O)CCC(=O)C3)C1. The fraction of sp³-hybridized carbons (Fsp3) is 0.737. The van der Waals surface area contributed by atoms with Gasteiger partial charge in [-0.3, -0.25) is 4.79 Å². The van der Waals surface area contributed by atoms with Gasteiger partial charge in [-0.05, 0) is 52.3 Å². The zero-order chi connectivity index (χ0) is 16.8. The molecule has 2 fully saturated rings. The van der Waals surface area contributed by atoms with Crippen LogP contribution in [0.25, 0.3) is 0 Å². The molecule has 0 aromatic carbocycles. The van der Waals surface area contributed by atoms with Gasteiger partial charge in [0.1, 0.15) is 5.78 Å². The minimum Gasteiger partial charge on any atom is -0.501 e. The molecule has 3 rings (SSSR count). The van der Waals surface area contributed by atoms with E-state index in [-0.39, 0.29) is 17.4 Å². The molecule has 128 valence electrons. The smallest absolute Gasteiger partial charge is 0.133 e. The average molecular weight is 319 g/mol. The molecule has 0 amide bonds. The number of Topliss-reactive ketones (excluding diaryl/α,β-unsaturated/α-hetero) is 1. The molecule has 1 saturated carbocycles. The topological polar surface area (TPSA) is 49.8 Å². The molecule has 3 aliphatic rings. The van der Waals surface area contributed by atoms with E-state index in [1.807, 2.05) is 6.08 Å². The van der Waals surface area contributed by atoms with Gasteiger partial charge in [0.05, 0.1) is 18.5 Å². The first kappa shape index (κ1) is 16.7. The molecule has 2 aliphatic carbocycles. The Morgan fingerprint density at radius 3 is 2.78 bits per heavy atom. The van der Waals surface area contributed by atoms with E-state index in [9.17, 15) is 9.90 Å². The van der Waals surface area contributed by atoms with Crippen molar-refractivity contribution >= 4 is 5.78 Å². The van der Waals surface area contributed by atoms with Crippen molar-refractivity contribution in [3.63, 3.8) is 0 Å². The predicted octanol–water partition coefficient (Wildman–Crippen LogP) is 2.68. The van der Waals surface area contributed by atoms with Crippen molar-refractivity contribution < 1.29 is 14.6 Å². The number of rotatable bonds is 2. The van der Waals surface area contributed by atoms with Gasteiger partial charge >= 0.3 is 0 Å². The summed E-state index contributed by atoms with van der Waals surface area (Å²) < 4.78 is 5.48. The summed E-state index contributed by atoms with van der Waals surface area (Å²) in [6, 6.07) is 0.0639. The first-order chi connectivity index (χ1) is 10.8. The molecule has 1 aliphatic heterocycles. The van der Waals surface area contributed by atoms with E-state index in [4.69, 9.17) is 4.74 Å². The van der Waals surface area contributed by atoms with Gasteiger partial charge in [-0.1, -0.05) is 11.6 Å². The van der Waals surface area contributed by atoms with Crippen LogP contribution in [0, 0.1) is 11.3 Å². The Balaban J connectivity index is 2.06. The summed E-state index contributed by atoms with van der Waals surface area (Å²) in [5, 5.41) is 11.7. The fourth-order valence-electron chi connectivity index (χ4n) is 5.19. The summed E-state index contributed by atoms with van der Waals surface area (Å²) in [4.78, 5) is 14.6. The van der Waals surface area contributed by atoms with E-state index in [0.29, 0.717) is 25.0 Å². The second kappa shape index (κ2) is 5.75. The number of allylic oxidation sites excluding steroid dienone is 4. The second-order valence-electron chi connectivity index (χ2n) is 7.71. The van der Waals surface area contributed by atoms with Gasteiger partial charge in [-0.15, -0.1) is 0 Å². The highest BCUT2D eigenvalue weighted by Crippen LogP contribution is 2.59. The van der Waals surface area contributed by atoms with Crippen LogP contribution < -0.4 is 0 Å². The van der Waals surface area contributed by atoms with Crippen molar-refractivity contribution in [1.29, 1.82) is 0 Å². The number of fused-ring (bicyclic) bond motifs is 1. The Bertz CT molecular complexity index is 567. The van der Waals surface area contributed by atoms with Gasteiger partial charge in [0.25, 0.3) is 0 Å². The number of carbonyl (C=O) groups excluding carboxylic acids is 1. The van der Waals surface area contributed by atoms with E-state index >= 15 is 0 Å². The van der Waals surface area contributed by atoms with Crippen LogP contribution in [0.5, 0.6) is 0 Å². The molecule has 0 radical (unpaired) electrons. The van der Waals surface area contributed by atoms with E-state index in [2.05, 4.69) is 31.9 Å². The highest BCUT2D eigenvalue weighted by atomic mass is 16.5. The molecule has 1 N–H and O–H groups in total. The quantitative estimate of drug-likeness (QED) is 0.850. The van der Waals surface area contributed by atoms with Crippen molar-refractivity contribution in [3.05, 3.63) is 23.5 Å². The maximum absolute atomic E-state index is 12.4. The molecule has 4 atom stereocenters. The van der Waals surface area contributed by atoms with Crippen LogP contribution >= 0.6 is 0 Å². The first-order valence-electron chi connectivity index (χ1n) is 8.70. The number of ether oxygens (including phenoxy) is 1. The number of aliphatic hydroxyl groups is 1. The molecule has 0 bridgehead atoms. The average Bonchev–Trinajstić information content (AvgIpc) is 2.54. The number of likely N-dealkylation sites (tertiary alicyclic amines) is 1. The third-order valence-corrected chi connectivity index (χ3v) is 6.84. The molecule has 4 nitrogen and oxygen atoms in total. The summed E-state index contributed by atoms with van der Waals surface area (Å²) in [6.45, 7) is 5.16. The summed E-state index contributed by atoms with van der Waals surface area (Å²) in [5.74, 6) is 1.42. The summed E-state index contributed by atoms with van der Waals surface area (Å²) in [7, 11) is 3.78. The molecular formula is C19H29NO3. The maximum atomic E-state index is 12.4. The third-order valence-electron chi connectivity index (χ3n) is 6.84. The highest BCUT2D eigenvalue weighted by Gasteiger charge is 2.62. The predicted molar refractivity (Wildman–Crippen MR) is 89.9 cm³/mol. The number of likely N-dealkylation sites (N-methyl/N-ethyl adjacent to an activating group) is 1. The van der Waals surface area contributed by atoms with Gasteiger partial charge in [-0.2, -0.15) is 0 Å². The largest absolute Gasteiger partial charge is 0.501 e. The number of piperidine rings is 1. The number of methoxy groups -OCH3 is 1. The Morgan fingerprint density at radius 1 is 1.35 bits per heavy atom. The Labute approximate surface area is 139 Å². The molecule has 1 saturated heterocycles. The van der Waals surface area contributed by atoms with Crippen LogP contribution in [0.1, 0.15) is 46.0 Å². The van der Waals surface area contributed by atoms with Crippen molar-refractivity contribution in [2.24, 2.45) is 11.3 Å². The lowest BCUT2D eigenvalue weighted by atomic mass is 9.49. The zero-order valence-electron chi connectivity index (χ0n) is 14.8. The number of carbonyl (C=O) groups is 1. The van der Waals surface area contributed by atoms with Crippen LogP contribution in [-0.2, 0) is 9.53 Å². The molecule has 0 aromatic rings. The Kier molecular flexibility index (Phi) is 4.18. The zero-order valence-corrected chi connectivity index (χ0v) is 14.8. The van der Waals surface area contributed by atoms with E-state index in [0.717, 1.165) is 25.1 Å². The highest BCUT2D eigenvalue weighted by molar-refractivity contribution is 5.81. The molecular weight excluding hydrogens is 290 g/mol. The summed E-state index contributed by atoms with van der Waals surface area (Å²) >= 11 is 0. The van der Waals surface area contributed by atoms with Crippen molar-refractivity contribution in [1.82, 2.24) is 4.90 Å². The van der Waals surface area contributed by atoms with Gasteiger partial charge in [0.2, 0.25) is 0 Å². The van der Waals surface area contributed by atoms with E-state index in [1.54, 1.807) is 7.11 Å². The van der Waals surface area contributed by atoms with E-state index in [1.165, 1.54) is 5.57 Å². The van der Waals surface area contributed by atoms with Crippen molar-refractivity contribution in [3.8, 4) is 0 Å². The molecule has 1 heterocycles. The lowest BCUT2D eigenvalue weighted by molar-refractivity contribution is -0.203. The Morgan fingerprint density at radius 2 is 2.09 bits per heavy atom. The van der Waals surface area contributed by atoms with Crippen molar-refractivity contribution in [2.75, 3.05) is 20.7 Å². The van der Waals surface area contributed by atoms with Gasteiger partial charge in [0, 0.05) is 30.7 Å².